The molecule has 3 rings (SSSR count). The van der Waals surface area contributed by atoms with Crippen molar-refractivity contribution in [1.29, 1.82) is 0 Å². The summed E-state index contributed by atoms with van der Waals surface area (Å²) in [6.07, 6.45) is 3.11. The van der Waals surface area contributed by atoms with Crippen molar-refractivity contribution in [3.8, 4) is 16.2 Å². The van der Waals surface area contributed by atoms with E-state index >= 15 is 0 Å². The van der Waals surface area contributed by atoms with Crippen LogP contribution in [-0.4, -0.2) is 38.2 Å². The van der Waals surface area contributed by atoms with Crippen molar-refractivity contribution >= 4 is 28.3 Å². The van der Waals surface area contributed by atoms with Crippen molar-refractivity contribution in [2.24, 2.45) is 5.73 Å². The lowest BCUT2D eigenvalue weighted by Gasteiger charge is -2.16. The van der Waals surface area contributed by atoms with Gasteiger partial charge in [-0.1, -0.05) is 18.6 Å². The molecule has 1 aliphatic heterocycles. The maximum Gasteiger partial charge on any atom is 0.317 e. The van der Waals surface area contributed by atoms with Crippen molar-refractivity contribution in [1.82, 2.24) is 10.6 Å². The van der Waals surface area contributed by atoms with Crippen molar-refractivity contribution < 1.29 is 14.3 Å². The number of rotatable bonds is 5. The number of ether oxygens (including phenoxy) is 1. The van der Waals surface area contributed by atoms with E-state index in [4.69, 9.17) is 10.5 Å². The molecule has 0 spiro atoms. The highest BCUT2D eigenvalue weighted by molar-refractivity contribution is 7.20. The molecule has 0 saturated carbocycles. The van der Waals surface area contributed by atoms with Gasteiger partial charge < -0.3 is 21.1 Å². The van der Waals surface area contributed by atoms with Crippen LogP contribution in [-0.2, 0) is 0 Å². The average Bonchev–Trinajstić information content (AvgIpc) is 2.89. The van der Waals surface area contributed by atoms with E-state index in [1.54, 1.807) is 13.2 Å². The van der Waals surface area contributed by atoms with Crippen molar-refractivity contribution in [3.63, 3.8) is 0 Å². The van der Waals surface area contributed by atoms with Gasteiger partial charge in [0.2, 0.25) is 0 Å². The quantitative estimate of drug-likeness (QED) is 0.632. The number of hydrogen-bond donors (Lipinski definition) is 4. The number of carbonyl (C=O) groups excluding carboxylic acids is 2. The van der Waals surface area contributed by atoms with Gasteiger partial charge in [0, 0.05) is 23.0 Å². The van der Waals surface area contributed by atoms with Crippen LogP contribution in [0.2, 0.25) is 0 Å². The summed E-state index contributed by atoms with van der Waals surface area (Å²) >= 11 is 1.30. The molecule has 2 heterocycles. The Morgan fingerprint density at radius 1 is 1.30 bits per heavy atom. The zero-order chi connectivity index (χ0) is 19.2. The SMILES string of the molecule is COc1ccccc1-c1cc(C(=O)N[C@H]2CCCCNC2)c(NC(N)=O)s1. The summed E-state index contributed by atoms with van der Waals surface area (Å²) in [4.78, 5) is 25.1. The van der Waals surface area contributed by atoms with Gasteiger partial charge in [-0.05, 0) is 37.6 Å². The van der Waals surface area contributed by atoms with Crippen LogP contribution in [0.3, 0.4) is 0 Å². The second-order valence-corrected chi connectivity index (χ2v) is 7.47. The molecule has 0 bridgehead atoms. The summed E-state index contributed by atoms with van der Waals surface area (Å²) < 4.78 is 5.41. The summed E-state index contributed by atoms with van der Waals surface area (Å²) in [7, 11) is 1.60. The van der Waals surface area contributed by atoms with E-state index in [0.29, 0.717) is 16.3 Å². The fourth-order valence-corrected chi connectivity index (χ4v) is 4.24. The molecule has 2 aromatic rings. The molecule has 1 saturated heterocycles. The molecule has 5 N–H and O–H groups in total. The predicted octanol–water partition coefficient (Wildman–Crippen LogP) is 2.79. The Morgan fingerprint density at radius 2 is 2.11 bits per heavy atom. The highest BCUT2D eigenvalue weighted by Crippen LogP contribution is 2.39. The van der Waals surface area contributed by atoms with Gasteiger partial charge in [-0.25, -0.2) is 4.79 Å². The molecule has 7 nitrogen and oxygen atoms in total. The second-order valence-electron chi connectivity index (χ2n) is 6.41. The number of urea groups is 1. The van der Waals surface area contributed by atoms with E-state index in [1.165, 1.54) is 11.3 Å². The molecule has 1 aromatic carbocycles. The summed E-state index contributed by atoms with van der Waals surface area (Å²) in [6, 6.07) is 8.68. The van der Waals surface area contributed by atoms with Crippen LogP contribution in [0.5, 0.6) is 5.75 Å². The maximum atomic E-state index is 12.9. The molecule has 0 radical (unpaired) electrons. The third kappa shape index (κ3) is 4.78. The van der Waals surface area contributed by atoms with Crippen LogP contribution in [0.25, 0.3) is 10.4 Å². The Labute approximate surface area is 162 Å². The molecule has 144 valence electrons. The minimum atomic E-state index is -0.700. The standard InChI is InChI=1S/C19H24N4O3S/c1-26-15-8-3-2-7-13(15)16-10-14(18(27-16)23-19(20)25)17(24)22-12-6-4-5-9-21-11-12/h2-3,7-8,10,12,21H,4-6,9,11H2,1H3,(H,22,24)(H3,20,23,25)/t12-/m0/s1. The third-order valence-corrected chi connectivity index (χ3v) is 5.55. The van der Waals surface area contributed by atoms with Crippen molar-refractivity contribution in [3.05, 3.63) is 35.9 Å². The first-order valence-electron chi connectivity index (χ1n) is 8.93. The number of nitrogens with two attached hydrogens (primary N) is 1. The Morgan fingerprint density at radius 3 is 2.89 bits per heavy atom. The first-order valence-corrected chi connectivity index (χ1v) is 9.75. The number of primary amides is 1. The van der Waals surface area contributed by atoms with Crippen LogP contribution in [0.15, 0.2) is 30.3 Å². The number of para-hydroxylation sites is 1. The highest BCUT2D eigenvalue weighted by Gasteiger charge is 2.22. The number of methoxy groups -OCH3 is 1. The zero-order valence-electron chi connectivity index (χ0n) is 15.2. The van der Waals surface area contributed by atoms with Crippen molar-refractivity contribution in [2.45, 2.75) is 25.3 Å². The predicted molar refractivity (Wildman–Crippen MR) is 107 cm³/mol. The molecular weight excluding hydrogens is 364 g/mol. The molecule has 0 aliphatic carbocycles. The maximum absolute atomic E-state index is 12.9. The largest absolute Gasteiger partial charge is 0.496 e. The third-order valence-electron chi connectivity index (χ3n) is 4.47. The van der Waals surface area contributed by atoms with Gasteiger partial charge >= 0.3 is 6.03 Å². The average molecular weight is 388 g/mol. The lowest BCUT2D eigenvalue weighted by Crippen LogP contribution is -2.41. The Balaban J connectivity index is 1.89. The summed E-state index contributed by atoms with van der Waals surface area (Å²) in [5.74, 6) is 0.481. The van der Waals surface area contributed by atoms with Crippen LogP contribution >= 0.6 is 11.3 Å². The molecule has 3 amide bonds. The first-order chi connectivity index (χ1) is 13.1. The number of hydrogen-bond acceptors (Lipinski definition) is 5. The van der Waals surface area contributed by atoms with Gasteiger partial charge in [-0.15, -0.1) is 11.3 Å². The first kappa shape index (κ1) is 19.2. The van der Waals surface area contributed by atoms with E-state index in [0.717, 1.165) is 42.8 Å². The number of amides is 3. The number of thiophene rings is 1. The molecule has 1 atom stereocenters. The van der Waals surface area contributed by atoms with Crippen LogP contribution in [0.4, 0.5) is 9.80 Å². The molecular formula is C19H24N4O3S. The lowest BCUT2D eigenvalue weighted by atomic mass is 10.1. The molecule has 0 unspecified atom stereocenters. The van der Waals surface area contributed by atoms with E-state index < -0.39 is 6.03 Å². The Bertz CT molecular complexity index is 813. The van der Waals surface area contributed by atoms with Gasteiger partial charge in [0.1, 0.15) is 10.8 Å². The summed E-state index contributed by atoms with van der Waals surface area (Å²) in [6.45, 7) is 1.71. The van der Waals surface area contributed by atoms with E-state index in [2.05, 4.69) is 16.0 Å². The minimum Gasteiger partial charge on any atom is -0.496 e. The highest BCUT2D eigenvalue weighted by atomic mass is 32.1. The minimum absolute atomic E-state index is 0.0658. The topological polar surface area (TPSA) is 105 Å². The van der Waals surface area contributed by atoms with Gasteiger partial charge in [-0.2, -0.15) is 0 Å². The van der Waals surface area contributed by atoms with E-state index in [1.807, 2.05) is 24.3 Å². The number of benzene rings is 1. The number of carbonyl (C=O) groups is 2. The van der Waals surface area contributed by atoms with Crippen molar-refractivity contribution in [2.75, 3.05) is 25.5 Å². The molecule has 1 aliphatic rings. The molecule has 1 aromatic heterocycles. The summed E-state index contributed by atoms with van der Waals surface area (Å²) in [5, 5.41) is 9.40. The number of nitrogens with one attached hydrogen (secondary N) is 3. The smallest absolute Gasteiger partial charge is 0.317 e. The van der Waals surface area contributed by atoms with E-state index in [9.17, 15) is 9.59 Å². The second kappa shape index (κ2) is 8.88. The van der Waals surface area contributed by atoms with E-state index in [-0.39, 0.29) is 11.9 Å². The van der Waals surface area contributed by atoms with Gasteiger partial charge in [0.15, 0.2) is 0 Å². The fraction of sp³-hybridized carbons (Fsp3) is 0.368. The number of anilines is 1. The van der Waals surface area contributed by atoms with Gasteiger partial charge in [0.05, 0.1) is 12.7 Å². The summed E-state index contributed by atoms with van der Waals surface area (Å²) in [5.41, 5.74) is 6.55. The lowest BCUT2D eigenvalue weighted by molar-refractivity contribution is 0.0937. The monoisotopic (exact) mass is 388 g/mol. The van der Waals surface area contributed by atoms with Crippen LogP contribution in [0, 0.1) is 0 Å². The van der Waals surface area contributed by atoms with Gasteiger partial charge in [0.25, 0.3) is 5.91 Å². The van der Waals surface area contributed by atoms with Crippen LogP contribution < -0.4 is 26.4 Å². The fourth-order valence-electron chi connectivity index (χ4n) is 3.15. The Kier molecular flexibility index (Phi) is 6.31. The molecule has 27 heavy (non-hydrogen) atoms. The van der Waals surface area contributed by atoms with Crippen LogP contribution in [0.1, 0.15) is 29.6 Å². The van der Waals surface area contributed by atoms with Gasteiger partial charge in [-0.3, -0.25) is 10.1 Å². The molecule has 1 fully saturated rings. The normalized spacial score (nSPS) is 17.0. The Hall–Kier alpha value is -2.58. The molecule has 8 heteroatoms. The zero-order valence-corrected chi connectivity index (χ0v) is 16.0.